The zero-order valence-corrected chi connectivity index (χ0v) is 8.07. The summed E-state index contributed by atoms with van der Waals surface area (Å²) in [4.78, 5) is 7.14. The highest BCUT2D eigenvalue weighted by atomic mass is 15.3. The second-order valence-corrected chi connectivity index (χ2v) is 3.12. The third-order valence-corrected chi connectivity index (χ3v) is 1.92. The third-order valence-electron chi connectivity index (χ3n) is 1.92. The molecule has 0 atom stereocenters. The van der Waals surface area contributed by atoms with Gasteiger partial charge in [-0.3, -0.25) is 4.68 Å². The smallest absolute Gasteiger partial charge is 0.120 e. The molecule has 0 bridgehead atoms. The Morgan fingerprint density at radius 1 is 1.50 bits per heavy atom. The van der Waals surface area contributed by atoms with Crippen LogP contribution in [0.5, 0.6) is 0 Å². The largest absolute Gasteiger partial charge is 0.348 e. The van der Waals surface area contributed by atoms with Gasteiger partial charge in [0.15, 0.2) is 0 Å². The second-order valence-electron chi connectivity index (χ2n) is 3.12. The number of aryl methyl sites for hydroxylation is 1. The summed E-state index contributed by atoms with van der Waals surface area (Å²) >= 11 is 0. The molecule has 2 aromatic rings. The SMILES string of the molecule is Cn1ccc(CNCc2ncc[nH]2)n1. The lowest BCUT2D eigenvalue weighted by Gasteiger charge is -1.98. The lowest BCUT2D eigenvalue weighted by Crippen LogP contribution is -2.14. The molecule has 0 aliphatic rings. The summed E-state index contributed by atoms with van der Waals surface area (Å²) in [5, 5.41) is 7.50. The fraction of sp³-hybridized carbons (Fsp3) is 0.333. The Kier molecular flexibility index (Phi) is 2.60. The van der Waals surface area contributed by atoms with Gasteiger partial charge in [0.25, 0.3) is 0 Å². The van der Waals surface area contributed by atoms with Crippen molar-refractivity contribution >= 4 is 0 Å². The van der Waals surface area contributed by atoms with Crippen LogP contribution in [0.4, 0.5) is 0 Å². The molecule has 2 aromatic heterocycles. The van der Waals surface area contributed by atoms with Gasteiger partial charge in [0.2, 0.25) is 0 Å². The molecule has 0 aliphatic heterocycles. The summed E-state index contributed by atoms with van der Waals surface area (Å²) in [5.74, 6) is 0.945. The molecule has 0 radical (unpaired) electrons. The summed E-state index contributed by atoms with van der Waals surface area (Å²) in [6.45, 7) is 1.51. The Morgan fingerprint density at radius 3 is 3.07 bits per heavy atom. The molecular weight excluding hydrogens is 178 g/mol. The van der Waals surface area contributed by atoms with E-state index in [4.69, 9.17) is 0 Å². The number of nitrogens with zero attached hydrogens (tertiary/aromatic N) is 3. The van der Waals surface area contributed by atoms with Gasteiger partial charge in [-0.2, -0.15) is 5.10 Å². The van der Waals surface area contributed by atoms with E-state index in [1.165, 1.54) is 0 Å². The minimum absolute atomic E-state index is 0.740. The second kappa shape index (κ2) is 4.06. The predicted octanol–water partition coefficient (Wildman–Crippen LogP) is 0.433. The van der Waals surface area contributed by atoms with Gasteiger partial charge in [0.1, 0.15) is 5.82 Å². The fourth-order valence-corrected chi connectivity index (χ4v) is 1.26. The highest BCUT2D eigenvalue weighted by Gasteiger charge is 1.97. The highest BCUT2D eigenvalue weighted by Crippen LogP contribution is 1.94. The maximum atomic E-state index is 4.25. The van der Waals surface area contributed by atoms with E-state index in [1.54, 1.807) is 10.9 Å². The van der Waals surface area contributed by atoms with Crippen molar-refractivity contribution in [3.8, 4) is 0 Å². The average Bonchev–Trinajstić information content (AvgIpc) is 2.77. The number of hydrogen-bond donors (Lipinski definition) is 2. The highest BCUT2D eigenvalue weighted by molar-refractivity contribution is 4.98. The van der Waals surface area contributed by atoms with Gasteiger partial charge in [-0.05, 0) is 6.07 Å². The predicted molar refractivity (Wildman–Crippen MR) is 52.3 cm³/mol. The Bertz CT molecular complexity index is 376. The molecule has 5 nitrogen and oxygen atoms in total. The van der Waals surface area contributed by atoms with Crippen LogP contribution in [0.25, 0.3) is 0 Å². The van der Waals surface area contributed by atoms with Crippen LogP contribution in [0.3, 0.4) is 0 Å². The monoisotopic (exact) mass is 191 g/mol. The normalized spacial score (nSPS) is 10.6. The van der Waals surface area contributed by atoms with E-state index in [0.29, 0.717) is 0 Å². The summed E-state index contributed by atoms with van der Waals surface area (Å²) in [7, 11) is 1.91. The van der Waals surface area contributed by atoms with Crippen molar-refractivity contribution in [1.29, 1.82) is 0 Å². The first-order valence-corrected chi connectivity index (χ1v) is 4.52. The molecule has 0 amide bonds. The van der Waals surface area contributed by atoms with Crippen molar-refractivity contribution in [2.24, 2.45) is 7.05 Å². The first-order valence-electron chi connectivity index (χ1n) is 4.52. The van der Waals surface area contributed by atoms with Crippen LogP contribution in [0.2, 0.25) is 0 Å². The number of H-pyrrole nitrogens is 1. The molecule has 5 heteroatoms. The molecule has 74 valence electrons. The molecular formula is C9H13N5. The zero-order chi connectivity index (χ0) is 9.80. The summed E-state index contributed by atoms with van der Waals surface area (Å²) < 4.78 is 1.80. The van der Waals surface area contributed by atoms with E-state index in [9.17, 15) is 0 Å². The van der Waals surface area contributed by atoms with Gasteiger partial charge in [-0.25, -0.2) is 4.98 Å². The van der Waals surface area contributed by atoms with Gasteiger partial charge < -0.3 is 10.3 Å². The molecule has 2 heterocycles. The first-order chi connectivity index (χ1) is 6.84. The van der Waals surface area contributed by atoms with E-state index < -0.39 is 0 Å². The van der Waals surface area contributed by atoms with Crippen LogP contribution in [0, 0.1) is 0 Å². The van der Waals surface area contributed by atoms with Gasteiger partial charge >= 0.3 is 0 Å². The van der Waals surface area contributed by atoms with Gasteiger partial charge in [0.05, 0.1) is 12.2 Å². The minimum Gasteiger partial charge on any atom is -0.348 e. The van der Waals surface area contributed by atoms with Crippen LogP contribution in [0.15, 0.2) is 24.7 Å². The third kappa shape index (κ3) is 2.20. The lowest BCUT2D eigenvalue weighted by atomic mass is 10.4. The minimum atomic E-state index is 0.740. The van der Waals surface area contributed by atoms with Crippen molar-refractivity contribution in [1.82, 2.24) is 25.1 Å². The van der Waals surface area contributed by atoms with E-state index in [1.807, 2.05) is 25.5 Å². The van der Waals surface area contributed by atoms with Crippen molar-refractivity contribution < 1.29 is 0 Å². The van der Waals surface area contributed by atoms with Crippen LogP contribution in [-0.4, -0.2) is 19.7 Å². The van der Waals surface area contributed by atoms with E-state index >= 15 is 0 Å². The summed E-state index contributed by atoms with van der Waals surface area (Å²) in [6, 6.07) is 2.00. The molecule has 14 heavy (non-hydrogen) atoms. The molecule has 2 rings (SSSR count). The van der Waals surface area contributed by atoms with Crippen molar-refractivity contribution in [3.63, 3.8) is 0 Å². The molecule has 0 saturated carbocycles. The zero-order valence-electron chi connectivity index (χ0n) is 8.07. The molecule has 0 saturated heterocycles. The average molecular weight is 191 g/mol. The van der Waals surface area contributed by atoms with E-state index in [-0.39, 0.29) is 0 Å². The molecule has 0 aliphatic carbocycles. The Morgan fingerprint density at radius 2 is 2.43 bits per heavy atom. The van der Waals surface area contributed by atoms with Crippen molar-refractivity contribution in [2.45, 2.75) is 13.1 Å². The maximum Gasteiger partial charge on any atom is 0.120 e. The molecule has 0 fully saturated rings. The fourth-order valence-electron chi connectivity index (χ4n) is 1.26. The molecule has 0 aromatic carbocycles. The maximum absolute atomic E-state index is 4.25. The van der Waals surface area contributed by atoms with Gasteiger partial charge in [-0.15, -0.1) is 0 Å². The number of aromatic amines is 1. The number of aromatic nitrogens is 4. The standard InChI is InChI=1S/C9H13N5/c1-14-5-2-8(13-14)6-10-7-9-11-3-4-12-9/h2-5,10H,6-7H2,1H3,(H,11,12). The van der Waals surface area contributed by atoms with Gasteiger partial charge in [0, 0.05) is 32.2 Å². The summed E-state index contributed by atoms with van der Waals surface area (Å²) in [6.07, 6.45) is 5.50. The first kappa shape index (κ1) is 8.96. The molecule has 0 unspecified atom stereocenters. The van der Waals surface area contributed by atoms with Crippen LogP contribution in [-0.2, 0) is 20.1 Å². The molecule has 0 spiro atoms. The number of nitrogens with one attached hydrogen (secondary N) is 2. The lowest BCUT2D eigenvalue weighted by molar-refractivity contribution is 0.640. The quantitative estimate of drug-likeness (QED) is 0.737. The number of imidazole rings is 1. The van der Waals surface area contributed by atoms with E-state index in [0.717, 1.165) is 24.6 Å². The van der Waals surface area contributed by atoms with Crippen LogP contribution >= 0.6 is 0 Å². The van der Waals surface area contributed by atoms with E-state index in [2.05, 4.69) is 20.4 Å². The molecule has 2 N–H and O–H groups in total. The van der Waals surface area contributed by atoms with Crippen molar-refractivity contribution in [3.05, 3.63) is 36.2 Å². The number of rotatable bonds is 4. The van der Waals surface area contributed by atoms with Crippen LogP contribution < -0.4 is 5.32 Å². The van der Waals surface area contributed by atoms with Crippen LogP contribution in [0.1, 0.15) is 11.5 Å². The van der Waals surface area contributed by atoms with Gasteiger partial charge in [-0.1, -0.05) is 0 Å². The Hall–Kier alpha value is -1.62. The Balaban J connectivity index is 1.78. The summed E-state index contributed by atoms with van der Waals surface area (Å²) in [5.41, 5.74) is 1.04. The van der Waals surface area contributed by atoms with Crippen molar-refractivity contribution in [2.75, 3.05) is 0 Å². The Labute approximate surface area is 82.2 Å². The topological polar surface area (TPSA) is 58.5 Å². The number of hydrogen-bond acceptors (Lipinski definition) is 3.